The maximum atomic E-state index is 13.6. The molecule has 1 aliphatic rings. The molecule has 0 radical (unpaired) electrons. The minimum atomic E-state index is -0.953. The predicted octanol–water partition coefficient (Wildman–Crippen LogP) is 3.61. The SMILES string of the molecule is O=C(CSc1nnc(NC(=O)c2c(F)cccc2F)s1)NC1CCCCC1. The summed E-state index contributed by atoms with van der Waals surface area (Å²) in [6.45, 7) is 0. The van der Waals surface area contributed by atoms with E-state index >= 15 is 0 Å². The third-order valence-corrected chi connectivity index (χ3v) is 6.09. The average molecular weight is 412 g/mol. The van der Waals surface area contributed by atoms with Crippen molar-refractivity contribution in [3.63, 3.8) is 0 Å². The lowest BCUT2D eigenvalue weighted by Gasteiger charge is -2.22. The average Bonchev–Trinajstić information content (AvgIpc) is 3.08. The zero-order chi connectivity index (χ0) is 19.2. The molecule has 27 heavy (non-hydrogen) atoms. The van der Waals surface area contributed by atoms with E-state index in [9.17, 15) is 18.4 Å². The molecule has 0 atom stereocenters. The molecule has 1 fully saturated rings. The van der Waals surface area contributed by atoms with E-state index < -0.39 is 23.1 Å². The molecular formula is C17H18F2N4O2S2. The molecule has 0 spiro atoms. The van der Waals surface area contributed by atoms with Crippen LogP contribution in [0, 0.1) is 11.6 Å². The molecule has 3 rings (SSSR count). The van der Waals surface area contributed by atoms with Crippen LogP contribution in [-0.4, -0.2) is 33.8 Å². The van der Waals surface area contributed by atoms with E-state index in [-0.39, 0.29) is 22.8 Å². The molecule has 1 aromatic carbocycles. The Morgan fingerprint density at radius 2 is 1.85 bits per heavy atom. The summed E-state index contributed by atoms with van der Waals surface area (Å²) in [5.74, 6) is -2.72. The van der Waals surface area contributed by atoms with E-state index in [2.05, 4.69) is 20.8 Å². The van der Waals surface area contributed by atoms with Crippen LogP contribution in [0.2, 0.25) is 0 Å². The lowest BCUT2D eigenvalue weighted by molar-refractivity contribution is -0.119. The lowest BCUT2D eigenvalue weighted by atomic mass is 9.95. The Balaban J connectivity index is 1.51. The molecule has 1 aromatic heterocycles. The first-order valence-electron chi connectivity index (χ1n) is 8.54. The second-order valence-corrected chi connectivity index (χ2v) is 8.32. The number of thioether (sulfide) groups is 1. The summed E-state index contributed by atoms with van der Waals surface area (Å²) in [7, 11) is 0. The van der Waals surface area contributed by atoms with Gasteiger partial charge < -0.3 is 5.32 Å². The number of halogens is 2. The molecule has 1 saturated carbocycles. The topological polar surface area (TPSA) is 84.0 Å². The van der Waals surface area contributed by atoms with Crippen LogP contribution in [0.25, 0.3) is 0 Å². The van der Waals surface area contributed by atoms with Gasteiger partial charge in [-0.15, -0.1) is 10.2 Å². The van der Waals surface area contributed by atoms with Crippen molar-refractivity contribution in [2.75, 3.05) is 11.1 Å². The Kier molecular flexibility index (Phi) is 6.73. The Morgan fingerprint density at radius 1 is 1.15 bits per heavy atom. The molecule has 0 saturated heterocycles. The van der Waals surface area contributed by atoms with E-state index in [0.29, 0.717) is 4.34 Å². The molecule has 1 aliphatic carbocycles. The van der Waals surface area contributed by atoms with E-state index in [0.717, 1.165) is 49.2 Å². The van der Waals surface area contributed by atoms with Gasteiger partial charge in [0.05, 0.1) is 5.75 Å². The number of carbonyl (C=O) groups excluding carboxylic acids is 2. The maximum absolute atomic E-state index is 13.6. The van der Waals surface area contributed by atoms with E-state index in [1.165, 1.54) is 24.2 Å². The highest BCUT2D eigenvalue weighted by Gasteiger charge is 2.19. The van der Waals surface area contributed by atoms with Crippen molar-refractivity contribution in [1.82, 2.24) is 15.5 Å². The van der Waals surface area contributed by atoms with Crippen LogP contribution in [0.5, 0.6) is 0 Å². The number of nitrogens with zero attached hydrogens (tertiary/aromatic N) is 2. The molecule has 0 aliphatic heterocycles. The number of nitrogens with one attached hydrogen (secondary N) is 2. The summed E-state index contributed by atoms with van der Waals surface area (Å²) in [5, 5.41) is 13.1. The van der Waals surface area contributed by atoms with Crippen LogP contribution in [0.4, 0.5) is 13.9 Å². The van der Waals surface area contributed by atoms with Gasteiger partial charge in [-0.1, -0.05) is 48.4 Å². The molecule has 2 amide bonds. The Bertz CT molecular complexity index is 805. The van der Waals surface area contributed by atoms with Gasteiger partial charge in [0, 0.05) is 6.04 Å². The van der Waals surface area contributed by atoms with Crippen molar-refractivity contribution in [2.24, 2.45) is 0 Å². The quantitative estimate of drug-likeness (QED) is 0.559. The van der Waals surface area contributed by atoms with Crippen LogP contribution in [0.15, 0.2) is 22.5 Å². The summed E-state index contributed by atoms with van der Waals surface area (Å²) in [4.78, 5) is 24.0. The Hall–Kier alpha value is -2.07. The minimum Gasteiger partial charge on any atom is -0.353 e. The molecule has 2 N–H and O–H groups in total. The number of carbonyl (C=O) groups is 2. The summed E-state index contributed by atoms with van der Waals surface area (Å²) >= 11 is 2.24. The summed E-state index contributed by atoms with van der Waals surface area (Å²) in [5.41, 5.74) is -0.672. The number of anilines is 1. The molecule has 2 aromatic rings. The van der Waals surface area contributed by atoms with Crippen molar-refractivity contribution in [1.29, 1.82) is 0 Å². The first-order valence-corrected chi connectivity index (χ1v) is 10.3. The van der Waals surface area contributed by atoms with Crippen LogP contribution in [0.1, 0.15) is 42.5 Å². The third kappa shape index (κ3) is 5.46. The first kappa shape index (κ1) is 19.7. The zero-order valence-corrected chi connectivity index (χ0v) is 16.0. The van der Waals surface area contributed by atoms with Crippen LogP contribution < -0.4 is 10.6 Å². The second kappa shape index (κ2) is 9.23. The van der Waals surface area contributed by atoms with Gasteiger partial charge in [0.15, 0.2) is 4.34 Å². The highest BCUT2D eigenvalue weighted by atomic mass is 32.2. The molecular weight excluding hydrogens is 394 g/mol. The molecule has 0 bridgehead atoms. The van der Waals surface area contributed by atoms with Gasteiger partial charge in [0.2, 0.25) is 11.0 Å². The fraction of sp³-hybridized carbons (Fsp3) is 0.412. The fourth-order valence-electron chi connectivity index (χ4n) is 2.84. The number of amides is 2. The molecule has 6 nitrogen and oxygen atoms in total. The van der Waals surface area contributed by atoms with Crippen LogP contribution >= 0.6 is 23.1 Å². The Morgan fingerprint density at radius 3 is 2.56 bits per heavy atom. The first-order chi connectivity index (χ1) is 13.0. The Labute approximate surface area is 163 Å². The summed E-state index contributed by atoms with van der Waals surface area (Å²) in [6.07, 6.45) is 5.52. The number of hydrogen-bond acceptors (Lipinski definition) is 6. The van der Waals surface area contributed by atoms with Gasteiger partial charge in [-0.3, -0.25) is 14.9 Å². The van der Waals surface area contributed by atoms with Gasteiger partial charge in [0.25, 0.3) is 5.91 Å². The van der Waals surface area contributed by atoms with Crippen molar-refractivity contribution in [2.45, 2.75) is 42.5 Å². The van der Waals surface area contributed by atoms with Crippen molar-refractivity contribution >= 4 is 40.0 Å². The molecule has 0 unspecified atom stereocenters. The van der Waals surface area contributed by atoms with Gasteiger partial charge in [0.1, 0.15) is 17.2 Å². The van der Waals surface area contributed by atoms with Gasteiger partial charge >= 0.3 is 0 Å². The largest absolute Gasteiger partial charge is 0.353 e. The van der Waals surface area contributed by atoms with Gasteiger partial charge in [-0.05, 0) is 25.0 Å². The van der Waals surface area contributed by atoms with E-state index in [4.69, 9.17) is 0 Å². The van der Waals surface area contributed by atoms with Crippen molar-refractivity contribution < 1.29 is 18.4 Å². The standard InChI is InChI=1S/C17H18F2N4O2S2/c18-11-7-4-8-12(19)14(11)15(25)21-16-22-23-17(27-16)26-9-13(24)20-10-5-2-1-3-6-10/h4,7-8,10H,1-3,5-6,9H2,(H,20,24)(H,21,22,25). The number of rotatable bonds is 6. The molecule has 144 valence electrons. The highest BCUT2D eigenvalue weighted by molar-refractivity contribution is 8.01. The minimum absolute atomic E-state index is 0.0684. The smallest absolute Gasteiger partial charge is 0.263 e. The molecule has 10 heteroatoms. The van der Waals surface area contributed by atoms with E-state index in [1.807, 2.05) is 0 Å². The monoisotopic (exact) mass is 412 g/mol. The maximum Gasteiger partial charge on any atom is 0.263 e. The van der Waals surface area contributed by atoms with E-state index in [1.54, 1.807) is 0 Å². The fourth-order valence-corrected chi connectivity index (χ4v) is 4.39. The number of benzene rings is 1. The summed E-state index contributed by atoms with van der Waals surface area (Å²) in [6, 6.07) is 3.43. The number of hydrogen-bond donors (Lipinski definition) is 2. The second-order valence-electron chi connectivity index (χ2n) is 6.12. The van der Waals surface area contributed by atoms with Crippen LogP contribution in [-0.2, 0) is 4.79 Å². The van der Waals surface area contributed by atoms with Crippen LogP contribution in [0.3, 0.4) is 0 Å². The van der Waals surface area contributed by atoms with Crippen molar-refractivity contribution in [3.8, 4) is 0 Å². The van der Waals surface area contributed by atoms with Crippen molar-refractivity contribution in [3.05, 3.63) is 35.4 Å². The summed E-state index contributed by atoms with van der Waals surface area (Å²) < 4.78 is 27.7. The predicted molar refractivity (Wildman–Crippen MR) is 100.0 cm³/mol. The van der Waals surface area contributed by atoms with Gasteiger partial charge in [-0.25, -0.2) is 8.78 Å². The normalized spacial score (nSPS) is 14.7. The lowest BCUT2D eigenvalue weighted by Crippen LogP contribution is -2.37. The molecule has 1 heterocycles. The van der Waals surface area contributed by atoms with Gasteiger partial charge in [-0.2, -0.15) is 0 Å². The highest BCUT2D eigenvalue weighted by Crippen LogP contribution is 2.26. The third-order valence-electron chi connectivity index (χ3n) is 4.11. The number of aromatic nitrogens is 2. The zero-order valence-electron chi connectivity index (χ0n) is 14.3.